The molecule has 2 N–H and O–H groups in total. The van der Waals surface area contributed by atoms with Crippen molar-refractivity contribution in [2.75, 3.05) is 11.9 Å². The lowest BCUT2D eigenvalue weighted by Gasteiger charge is -2.09. The lowest BCUT2D eigenvalue weighted by molar-refractivity contribution is -0.122. The highest BCUT2D eigenvalue weighted by Crippen LogP contribution is 2.29. The van der Waals surface area contributed by atoms with Gasteiger partial charge in [-0.15, -0.1) is 0 Å². The zero-order chi connectivity index (χ0) is 16.9. The lowest BCUT2D eigenvalue weighted by Crippen LogP contribution is -2.28. The number of aliphatic imine (C=N–C) groups is 1. The van der Waals surface area contributed by atoms with Gasteiger partial charge in [-0.3, -0.25) is 14.6 Å². The number of nitrogens with one attached hydrogen (secondary N) is 2. The van der Waals surface area contributed by atoms with Crippen LogP contribution in [0.25, 0.3) is 0 Å². The Balaban J connectivity index is 1.49. The van der Waals surface area contributed by atoms with Gasteiger partial charge < -0.3 is 15.4 Å². The van der Waals surface area contributed by atoms with Gasteiger partial charge in [-0.2, -0.15) is 0 Å². The van der Waals surface area contributed by atoms with Gasteiger partial charge in [-0.1, -0.05) is 18.7 Å². The third kappa shape index (κ3) is 4.74. The Morgan fingerprint density at radius 2 is 2.12 bits per heavy atom. The number of carbonyl (C=O) groups is 2. The average molecular weight is 347 g/mol. The second kappa shape index (κ2) is 7.70. The van der Waals surface area contributed by atoms with Crippen molar-refractivity contribution in [3.05, 3.63) is 24.3 Å². The molecule has 0 aromatic heterocycles. The Kier molecular flexibility index (Phi) is 5.40. The van der Waals surface area contributed by atoms with E-state index in [2.05, 4.69) is 15.6 Å². The fourth-order valence-corrected chi connectivity index (χ4v) is 3.24. The highest BCUT2D eigenvalue weighted by atomic mass is 32.2. The molecule has 1 heterocycles. The maximum atomic E-state index is 12.1. The van der Waals surface area contributed by atoms with E-state index in [1.54, 1.807) is 12.1 Å². The number of anilines is 1. The number of amides is 2. The van der Waals surface area contributed by atoms with E-state index in [0.29, 0.717) is 23.5 Å². The highest BCUT2D eigenvalue weighted by molar-refractivity contribution is 8.15. The molecule has 1 saturated carbocycles. The number of amidine groups is 1. The van der Waals surface area contributed by atoms with Crippen molar-refractivity contribution in [2.24, 2.45) is 4.99 Å². The monoisotopic (exact) mass is 347 g/mol. The summed E-state index contributed by atoms with van der Waals surface area (Å²) in [5.74, 6) is 0.455. The lowest BCUT2D eigenvalue weighted by atomic mass is 10.2. The van der Waals surface area contributed by atoms with Crippen LogP contribution in [0, 0.1) is 0 Å². The van der Waals surface area contributed by atoms with Crippen molar-refractivity contribution in [1.82, 2.24) is 5.32 Å². The second-order valence-electron chi connectivity index (χ2n) is 5.89. The number of nitrogens with zero attached hydrogens (tertiary/aromatic N) is 1. The molecule has 2 aliphatic rings. The quantitative estimate of drug-likeness (QED) is 0.794. The third-order valence-corrected chi connectivity index (χ3v) is 4.70. The fraction of sp³-hybridized carbons (Fsp3) is 0.471. The van der Waals surface area contributed by atoms with E-state index in [0.717, 1.165) is 25.0 Å². The van der Waals surface area contributed by atoms with E-state index in [9.17, 15) is 9.59 Å². The van der Waals surface area contributed by atoms with Gasteiger partial charge in [0.05, 0.1) is 12.6 Å². The first-order chi connectivity index (χ1) is 11.6. The summed E-state index contributed by atoms with van der Waals surface area (Å²) in [6, 6.07) is 7.59. The van der Waals surface area contributed by atoms with Crippen LogP contribution in [0.3, 0.4) is 0 Å². The average Bonchev–Trinajstić information content (AvgIpc) is 3.30. The maximum Gasteiger partial charge on any atom is 0.240 e. The molecule has 0 unspecified atom stereocenters. The molecule has 2 amide bonds. The molecule has 24 heavy (non-hydrogen) atoms. The van der Waals surface area contributed by atoms with Crippen LogP contribution in [0.4, 0.5) is 5.69 Å². The normalized spacial score (nSPS) is 21.6. The van der Waals surface area contributed by atoms with Crippen molar-refractivity contribution < 1.29 is 14.3 Å². The van der Waals surface area contributed by atoms with Crippen LogP contribution < -0.4 is 15.4 Å². The zero-order valence-corrected chi connectivity index (χ0v) is 14.4. The summed E-state index contributed by atoms with van der Waals surface area (Å²) in [6.45, 7) is 2.72. The Bertz CT molecular complexity index is 641. The Morgan fingerprint density at radius 3 is 2.79 bits per heavy atom. The molecular weight excluding hydrogens is 326 g/mol. The first-order valence-corrected chi connectivity index (χ1v) is 9.10. The van der Waals surface area contributed by atoms with Gasteiger partial charge in [-0.25, -0.2) is 0 Å². The molecule has 0 spiro atoms. The predicted molar refractivity (Wildman–Crippen MR) is 95.5 cm³/mol. The minimum Gasteiger partial charge on any atom is -0.494 e. The van der Waals surface area contributed by atoms with E-state index in [-0.39, 0.29) is 18.2 Å². The Hall–Kier alpha value is -2.02. The summed E-state index contributed by atoms with van der Waals surface area (Å²) < 4.78 is 5.50. The van der Waals surface area contributed by atoms with Crippen LogP contribution in [0.2, 0.25) is 0 Å². The maximum absolute atomic E-state index is 12.1. The van der Waals surface area contributed by atoms with Crippen molar-refractivity contribution in [3.63, 3.8) is 0 Å². The van der Waals surface area contributed by atoms with Gasteiger partial charge in [0, 0.05) is 12.1 Å². The smallest absolute Gasteiger partial charge is 0.240 e. The van der Waals surface area contributed by atoms with E-state index in [1.165, 1.54) is 11.8 Å². The predicted octanol–water partition coefficient (Wildman–Crippen LogP) is 2.55. The Morgan fingerprint density at radius 1 is 1.38 bits per heavy atom. The van der Waals surface area contributed by atoms with Crippen LogP contribution in [0.15, 0.2) is 29.3 Å². The summed E-state index contributed by atoms with van der Waals surface area (Å²) in [7, 11) is 0. The molecule has 6 nitrogen and oxygen atoms in total. The van der Waals surface area contributed by atoms with Crippen molar-refractivity contribution in [2.45, 2.75) is 43.9 Å². The van der Waals surface area contributed by atoms with Gasteiger partial charge in [-0.05, 0) is 43.5 Å². The number of hydrogen-bond acceptors (Lipinski definition) is 5. The molecule has 1 aliphatic heterocycles. The van der Waals surface area contributed by atoms with E-state index >= 15 is 0 Å². The molecule has 1 aromatic rings. The van der Waals surface area contributed by atoms with E-state index in [4.69, 9.17) is 4.74 Å². The standard InChI is InChI=1S/C17H21N3O3S/c1-2-9-23-13-7-5-11(6-8-13)18-15(21)10-14-16(22)20-17(24-14)19-12-3-4-12/h5-8,12,14H,2-4,9-10H2,1H3,(H,18,21)(H,19,20,22)/t14-/m0/s1. The van der Waals surface area contributed by atoms with Crippen LogP contribution >= 0.6 is 11.8 Å². The first kappa shape index (κ1) is 16.8. The molecule has 128 valence electrons. The van der Waals surface area contributed by atoms with Crippen LogP contribution in [-0.4, -0.2) is 34.9 Å². The molecule has 0 bridgehead atoms. The fourth-order valence-electron chi connectivity index (χ4n) is 2.20. The molecule has 7 heteroatoms. The number of ether oxygens (including phenoxy) is 1. The largest absolute Gasteiger partial charge is 0.494 e. The molecule has 1 aliphatic carbocycles. The summed E-state index contributed by atoms with van der Waals surface area (Å²) in [5.41, 5.74) is 0.694. The number of rotatable bonds is 7. The van der Waals surface area contributed by atoms with Gasteiger partial charge in [0.15, 0.2) is 5.17 Å². The van der Waals surface area contributed by atoms with E-state index in [1.807, 2.05) is 19.1 Å². The van der Waals surface area contributed by atoms with Gasteiger partial charge in [0.2, 0.25) is 11.8 Å². The summed E-state index contributed by atoms with van der Waals surface area (Å²) in [6.07, 6.45) is 3.26. The SMILES string of the molecule is CCCOc1ccc(NC(=O)C[C@@H]2SC(=NC3CC3)NC2=O)cc1. The molecule has 0 radical (unpaired) electrons. The minimum atomic E-state index is -0.408. The molecule has 1 saturated heterocycles. The first-order valence-electron chi connectivity index (χ1n) is 8.22. The Labute approximate surface area is 145 Å². The van der Waals surface area contributed by atoms with Crippen LogP contribution in [0.1, 0.15) is 32.6 Å². The highest BCUT2D eigenvalue weighted by Gasteiger charge is 2.33. The molecule has 2 fully saturated rings. The van der Waals surface area contributed by atoms with Crippen LogP contribution in [-0.2, 0) is 9.59 Å². The summed E-state index contributed by atoms with van der Waals surface area (Å²) >= 11 is 1.35. The van der Waals surface area contributed by atoms with Crippen LogP contribution in [0.5, 0.6) is 5.75 Å². The topological polar surface area (TPSA) is 79.8 Å². The van der Waals surface area contributed by atoms with E-state index < -0.39 is 5.25 Å². The van der Waals surface area contributed by atoms with Crippen molar-refractivity contribution in [3.8, 4) is 5.75 Å². The minimum absolute atomic E-state index is 0.133. The molecular formula is C17H21N3O3S. The molecule has 3 rings (SSSR count). The summed E-state index contributed by atoms with van der Waals surface area (Å²) in [4.78, 5) is 28.5. The van der Waals surface area contributed by atoms with Gasteiger partial charge in [0.25, 0.3) is 0 Å². The number of thioether (sulfide) groups is 1. The number of hydrogen-bond donors (Lipinski definition) is 2. The zero-order valence-electron chi connectivity index (χ0n) is 13.6. The van der Waals surface area contributed by atoms with Crippen molar-refractivity contribution in [1.29, 1.82) is 0 Å². The summed E-state index contributed by atoms with van der Waals surface area (Å²) in [5, 5.41) is 5.80. The number of benzene rings is 1. The molecule has 1 atom stereocenters. The van der Waals surface area contributed by atoms with Gasteiger partial charge in [0.1, 0.15) is 11.0 Å². The van der Waals surface area contributed by atoms with Gasteiger partial charge >= 0.3 is 0 Å². The number of carbonyl (C=O) groups excluding carboxylic acids is 2. The van der Waals surface area contributed by atoms with Crippen molar-refractivity contribution >= 4 is 34.4 Å². The molecule has 1 aromatic carbocycles. The third-order valence-electron chi connectivity index (χ3n) is 3.60. The second-order valence-corrected chi connectivity index (χ2v) is 7.08.